The van der Waals surface area contributed by atoms with E-state index in [0.29, 0.717) is 19.3 Å². The maximum atomic E-state index is 12.8. The van der Waals surface area contributed by atoms with E-state index in [1.807, 2.05) is 0 Å². The molecule has 0 radical (unpaired) electrons. The van der Waals surface area contributed by atoms with Crippen molar-refractivity contribution in [2.24, 2.45) is 0 Å². The standard InChI is InChI=1S/C56H102O6/c1-4-7-10-13-16-19-22-25-27-28-29-30-32-34-37-40-43-46-49-55(58)61-52-53(51-60-54(57)48-45-42-39-36-33-24-21-18-15-12-9-6-3)62-56(59)50-47-44-41-38-35-31-26-23-20-17-14-11-8-5-2/h8,11,17,20,26,31,53H,4-7,9-10,12-16,18-19,21-25,27-30,32-52H2,1-3H3/b11-8-,20-17-,31-26-. The number of allylic oxidation sites excluding steroid dienone is 6. The summed E-state index contributed by atoms with van der Waals surface area (Å²) >= 11 is 0. The largest absolute Gasteiger partial charge is 0.462 e. The molecule has 1 unspecified atom stereocenters. The molecule has 6 heteroatoms. The molecule has 62 heavy (non-hydrogen) atoms. The first kappa shape index (κ1) is 59.6. The predicted molar refractivity (Wildman–Crippen MR) is 266 cm³/mol. The number of hydrogen-bond donors (Lipinski definition) is 0. The fraction of sp³-hybridized carbons (Fsp3) is 0.839. The normalized spacial score (nSPS) is 12.2. The molecule has 0 aromatic heterocycles. The summed E-state index contributed by atoms with van der Waals surface area (Å²) < 4.78 is 16.8. The molecular formula is C56H102O6. The fourth-order valence-corrected chi connectivity index (χ4v) is 7.87. The molecule has 362 valence electrons. The summed E-state index contributed by atoms with van der Waals surface area (Å²) in [5.74, 6) is -0.885. The average Bonchev–Trinajstić information content (AvgIpc) is 3.27. The van der Waals surface area contributed by atoms with Gasteiger partial charge in [0.05, 0.1) is 0 Å². The van der Waals surface area contributed by atoms with Crippen molar-refractivity contribution in [2.45, 2.75) is 290 Å². The molecule has 6 nitrogen and oxygen atoms in total. The van der Waals surface area contributed by atoms with Crippen molar-refractivity contribution in [1.29, 1.82) is 0 Å². The van der Waals surface area contributed by atoms with Gasteiger partial charge in [-0.3, -0.25) is 14.4 Å². The van der Waals surface area contributed by atoms with Crippen molar-refractivity contribution in [3.05, 3.63) is 36.5 Å². The number of unbranched alkanes of at least 4 members (excludes halogenated alkanes) is 32. The lowest BCUT2D eigenvalue weighted by atomic mass is 10.0. The van der Waals surface area contributed by atoms with Gasteiger partial charge in [0.1, 0.15) is 13.2 Å². The Morgan fingerprint density at radius 1 is 0.339 bits per heavy atom. The maximum Gasteiger partial charge on any atom is 0.306 e. The lowest BCUT2D eigenvalue weighted by molar-refractivity contribution is -0.167. The Hall–Kier alpha value is -2.37. The third kappa shape index (κ3) is 48.7. The number of carbonyl (C=O) groups excluding carboxylic acids is 3. The second-order valence-electron chi connectivity index (χ2n) is 18.1. The third-order valence-corrected chi connectivity index (χ3v) is 11.9. The molecule has 0 N–H and O–H groups in total. The summed E-state index contributed by atoms with van der Waals surface area (Å²) in [6.07, 6.45) is 59.9. The smallest absolute Gasteiger partial charge is 0.306 e. The molecule has 0 bridgehead atoms. The van der Waals surface area contributed by atoms with Crippen molar-refractivity contribution in [3.8, 4) is 0 Å². The Kier molecular flexibility index (Phi) is 49.3. The van der Waals surface area contributed by atoms with Crippen LogP contribution in [0.2, 0.25) is 0 Å². The molecule has 0 aliphatic heterocycles. The first-order chi connectivity index (χ1) is 30.5. The molecule has 0 amide bonds. The second-order valence-corrected chi connectivity index (χ2v) is 18.1. The average molecular weight is 871 g/mol. The van der Waals surface area contributed by atoms with E-state index in [4.69, 9.17) is 14.2 Å². The molecule has 0 aromatic rings. The summed E-state index contributed by atoms with van der Waals surface area (Å²) in [7, 11) is 0. The Balaban J connectivity index is 4.33. The third-order valence-electron chi connectivity index (χ3n) is 11.9. The molecular weight excluding hydrogens is 769 g/mol. The lowest BCUT2D eigenvalue weighted by Gasteiger charge is -2.18. The predicted octanol–water partition coefficient (Wildman–Crippen LogP) is 17.7. The Morgan fingerprint density at radius 3 is 0.984 bits per heavy atom. The minimum atomic E-state index is -0.778. The SMILES string of the molecule is CC/C=C\C/C=C\C/C=C\CCCCCCC(=O)OC(COC(=O)CCCCCCCCCCCCCC)COC(=O)CCCCCCCCCCCCCCCCCCCC. The van der Waals surface area contributed by atoms with Crippen LogP contribution in [-0.4, -0.2) is 37.2 Å². The van der Waals surface area contributed by atoms with Crippen LogP contribution in [0.25, 0.3) is 0 Å². The summed E-state index contributed by atoms with van der Waals surface area (Å²) in [5, 5.41) is 0. The molecule has 0 spiro atoms. The molecule has 0 saturated carbocycles. The van der Waals surface area contributed by atoms with Gasteiger partial charge in [0.15, 0.2) is 6.10 Å². The van der Waals surface area contributed by atoms with Gasteiger partial charge in [0, 0.05) is 19.3 Å². The van der Waals surface area contributed by atoms with E-state index in [1.165, 1.54) is 154 Å². The van der Waals surface area contributed by atoms with Crippen molar-refractivity contribution in [1.82, 2.24) is 0 Å². The van der Waals surface area contributed by atoms with E-state index < -0.39 is 6.10 Å². The number of rotatable bonds is 49. The van der Waals surface area contributed by atoms with Crippen molar-refractivity contribution >= 4 is 17.9 Å². The van der Waals surface area contributed by atoms with Crippen molar-refractivity contribution < 1.29 is 28.6 Å². The zero-order chi connectivity index (χ0) is 45.1. The van der Waals surface area contributed by atoms with Gasteiger partial charge in [-0.2, -0.15) is 0 Å². The summed E-state index contributed by atoms with van der Waals surface area (Å²) in [6.45, 7) is 6.54. The molecule has 0 aliphatic carbocycles. The maximum absolute atomic E-state index is 12.8. The number of hydrogen-bond acceptors (Lipinski definition) is 6. The van der Waals surface area contributed by atoms with Crippen molar-refractivity contribution in [3.63, 3.8) is 0 Å². The highest BCUT2D eigenvalue weighted by atomic mass is 16.6. The van der Waals surface area contributed by atoms with E-state index >= 15 is 0 Å². The molecule has 0 saturated heterocycles. The molecule has 0 rings (SSSR count). The van der Waals surface area contributed by atoms with Gasteiger partial charge in [-0.15, -0.1) is 0 Å². The van der Waals surface area contributed by atoms with Gasteiger partial charge < -0.3 is 14.2 Å². The Labute approximate surface area is 385 Å². The summed E-state index contributed by atoms with van der Waals surface area (Å²) in [5.41, 5.74) is 0. The van der Waals surface area contributed by atoms with E-state index in [2.05, 4.69) is 57.2 Å². The van der Waals surface area contributed by atoms with Crippen molar-refractivity contribution in [2.75, 3.05) is 13.2 Å². The van der Waals surface area contributed by atoms with Crippen LogP contribution in [0.5, 0.6) is 0 Å². The van der Waals surface area contributed by atoms with Gasteiger partial charge in [-0.25, -0.2) is 0 Å². The van der Waals surface area contributed by atoms with E-state index in [1.54, 1.807) is 0 Å². The monoisotopic (exact) mass is 871 g/mol. The van der Waals surface area contributed by atoms with Gasteiger partial charge in [0.2, 0.25) is 0 Å². The molecule has 0 fully saturated rings. The van der Waals surface area contributed by atoms with Crippen LogP contribution in [0.15, 0.2) is 36.5 Å². The van der Waals surface area contributed by atoms with Crippen LogP contribution < -0.4 is 0 Å². The van der Waals surface area contributed by atoms with Crippen LogP contribution in [0, 0.1) is 0 Å². The molecule has 0 aliphatic rings. The number of ether oxygens (including phenoxy) is 3. The van der Waals surface area contributed by atoms with Crippen LogP contribution in [0.4, 0.5) is 0 Å². The van der Waals surface area contributed by atoms with Crippen LogP contribution in [0.3, 0.4) is 0 Å². The minimum Gasteiger partial charge on any atom is -0.462 e. The highest BCUT2D eigenvalue weighted by Crippen LogP contribution is 2.16. The number of esters is 3. The van der Waals surface area contributed by atoms with Crippen LogP contribution in [0.1, 0.15) is 284 Å². The topological polar surface area (TPSA) is 78.9 Å². The van der Waals surface area contributed by atoms with Gasteiger partial charge in [-0.1, -0.05) is 250 Å². The zero-order valence-corrected chi connectivity index (χ0v) is 41.4. The first-order valence-corrected chi connectivity index (χ1v) is 27.0. The van der Waals surface area contributed by atoms with Gasteiger partial charge in [-0.05, 0) is 51.4 Å². The lowest BCUT2D eigenvalue weighted by Crippen LogP contribution is -2.30. The van der Waals surface area contributed by atoms with Gasteiger partial charge in [0.25, 0.3) is 0 Å². The molecule has 1 atom stereocenters. The van der Waals surface area contributed by atoms with E-state index in [-0.39, 0.29) is 31.1 Å². The van der Waals surface area contributed by atoms with Crippen LogP contribution >= 0.6 is 0 Å². The van der Waals surface area contributed by atoms with Crippen LogP contribution in [-0.2, 0) is 28.6 Å². The second kappa shape index (κ2) is 51.3. The summed E-state index contributed by atoms with van der Waals surface area (Å²) in [4.78, 5) is 38.0. The molecule has 0 aromatic carbocycles. The fourth-order valence-electron chi connectivity index (χ4n) is 7.87. The highest BCUT2D eigenvalue weighted by molar-refractivity contribution is 5.71. The Morgan fingerprint density at radius 2 is 0.629 bits per heavy atom. The zero-order valence-electron chi connectivity index (χ0n) is 41.4. The minimum absolute atomic E-state index is 0.0769. The van der Waals surface area contributed by atoms with E-state index in [9.17, 15) is 14.4 Å². The first-order valence-electron chi connectivity index (χ1n) is 27.0. The molecule has 0 heterocycles. The van der Waals surface area contributed by atoms with Gasteiger partial charge >= 0.3 is 17.9 Å². The Bertz CT molecular complexity index is 1050. The summed E-state index contributed by atoms with van der Waals surface area (Å²) in [6, 6.07) is 0. The highest BCUT2D eigenvalue weighted by Gasteiger charge is 2.19. The van der Waals surface area contributed by atoms with E-state index in [0.717, 1.165) is 89.9 Å². The number of carbonyl (C=O) groups is 3. The quantitative estimate of drug-likeness (QED) is 0.0262.